The van der Waals surface area contributed by atoms with Crippen LogP contribution in [0.4, 0.5) is 5.82 Å². The average molecular weight is 295 g/mol. The number of hydrogen-bond acceptors (Lipinski definition) is 3. The molecule has 0 aliphatic heterocycles. The lowest BCUT2D eigenvalue weighted by Crippen LogP contribution is -2.19. The summed E-state index contributed by atoms with van der Waals surface area (Å²) in [6, 6.07) is 13.2. The van der Waals surface area contributed by atoms with Gasteiger partial charge in [-0.15, -0.1) is 0 Å². The van der Waals surface area contributed by atoms with Crippen molar-refractivity contribution in [3.05, 3.63) is 60.0 Å². The van der Waals surface area contributed by atoms with Crippen molar-refractivity contribution in [2.75, 3.05) is 5.32 Å². The van der Waals surface area contributed by atoms with Gasteiger partial charge in [0.1, 0.15) is 11.5 Å². The smallest absolute Gasteiger partial charge is 0.275 e. The SMILES string of the molecule is CCn1nccc1C(=O)Nc1cc(C)nn1-c1ccccc1. The van der Waals surface area contributed by atoms with E-state index in [0.717, 1.165) is 11.4 Å². The van der Waals surface area contributed by atoms with Crippen LogP contribution in [-0.2, 0) is 6.54 Å². The van der Waals surface area contributed by atoms with Gasteiger partial charge in [0.25, 0.3) is 5.91 Å². The van der Waals surface area contributed by atoms with E-state index in [1.54, 1.807) is 21.6 Å². The summed E-state index contributed by atoms with van der Waals surface area (Å²) >= 11 is 0. The van der Waals surface area contributed by atoms with Crippen molar-refractivity contribution >= 4 is 11.7 Å². The molecule has 0 saturated carbocycles. The van der Waals surface area contributed by atoms with Crippen molar-refractivity contribution < 1.29 is 4.79 Å². The molecule has 0 unspecified atom stereocenters. The van der Waals surface area contributed by atoms with E-state index in [0.29, 0.717) is 18.1 Å². The Hall–Kier alpha value is -2.89. The number of amides is 1. The first-order valence-corrected chi connectivity index (χ1v) is 7.14. The third kappa shape index (κ3) is 2.63. The molecule has 3 aromatic rings. The van der Waals surface area contributed by atoms with Crippen LogP contribution in [0.15, 0.2) is 48.7 Å². The molecule has 1 aromatic carbocycles. The Morgan fingerprint density at radius 1 is 1.23 bits per heavy atom. The topological polar surface area (TPSA) is 64.7 Å². The number of para-hydroxylation sites is 1. The minimum atomic E-state index is -0.198. The average Bonchev–Trinajstić information content (AvgIpc) is 3.14. The number of anilines is 1. The lowest BCUT2D eigenvalue weighted by atomic mass is 10.3. The standard InChI is InChI=1S/C16H17N5O/c1-3-20-14(9-10-17-20)16(22)18-15-11-12(2)19-21(15)13-7-5-4-6-8-13/h4-11H,3H2,1-2H3,(H,18,22). The molecule has 0 saturated heterocycles. The monoisotopic (exact) mass is 295 g/mol. The zero-order valence-corrected chi connectivity index (χ0v) is 12.5. The van der Waals surface area contributed by atoms with Crippen LogP contribution in [0.1, 0.15) is 23.1 Å². The van der Waals surface area contributed by atoms with Gasteiger partial charge in [-0.2, -0.15) is 10.2 Å². The highest BCUT2D eigenvalue weighted by atomic mass is 16.2. The number of benzene rings is 1. The third-order valence-electron chi connectivity index (χ3n) is 3.32. The number of hydrogen-bond donors (Lipinski definition) is 1. The number of nitrogens with zero attached hydrogens (tertiary/aromatic N) is 4. The Morgan fingerprint density at radius 2 is 2.00 bits per heavy atom. The predicted molar refractivity (Wildman–Crippen MR) is 84.2 cm³/mol. The van der Waals surface area contributed by atoms with Gasteiger partial charge in [-0.05, 0) is 32.0 Å². The van der Waals surface area contributed by atoms with Crippen LogP contribution in [0.25, 0.3) is 5.69 Å². The van der Waals surface area contributed by atoms with Crippen molar-refractivity contribution in [1.82, 2.24) is 19.6 Å². The van der Waals surface area contributed by atoms with Crippen molar-refractivity contribution in [3.8, 4) is 5.69 Å². The molecule has 1 amide bonds. The maximum Gasteiger partial charge on any atom is 0.275 e. The molecule has 2 aromatic heterocycles. The van der Waals surface area contributed by atoms with Gasteiger partial charge >= 0.3 is 0 Å². The minimum Gasteiger partial charge on any atom is -0.305 e. The highest BCUT2D eigenvalue weighted by Crippen LogP contribution is 2.17. The summed E-state index contributed by atoms with van der Waals surface area (Å²) in [6.07, 6.45) is 1.62. The van der Waals surface area contributed by atoms with E-state index in [-0.39, 0.29) is 5.91 Å². The Morgan fingerprint density at radius 3 is 2.73 bits per heavy atom. The summed E-state index contributed by atoms with van der Waals surface area (Å²) in [6.45, 7) is 4.49. The first kappa shape index (κ1) is 14.1. The zero-order valence-electron chi connectivity index (χ0n) is 12.5. The summed E-state index contributed by atoms with van der Waals surface area (Å²) in [4.78, 5) is 12.4. The van der Waals surface area contributed by atoms with Crippen LogP contribution < -0.4 is 5.32 Å². The Balaban J connectivity index is 1.92. The maximum atomic E-state index is 12.4. The molecule has 3 rings (SSSR count). The fourth-order valence-corrected chi connectivity index (χ4v) is 2.31. The molecule has 0 aliphatic rings. The number of carbonyl (C=O) groups is 1. The van der Waals surface area contributed by atoms with E-state index in [1.165, 1.54) is 0 Å². The van der Waals surface area contributed by atoms with Crippen LogP contribution in [0.5, 0.6) is 0 Å². The van der Waals surface area contributed by atoms with Crippen LogP contribution in [0.2, 0.25) is 0 Å². The molecule has 0 radical (unpaired) electrons. The molecule has 1 N–H and O–H groups in total. The number of nitrogens with one attached hydrogen (secondary N) is 1. The van der Waals surface area contributed by atoms with Crippen molar-refractivity contribution in [2.45, 2.75) is 20.4 Å². The van der Waals surface area contributed by atoms with E-state index < -0.39 is 0 Å². The summed E-state index contributed by atoms with van der Waals surface area (Å²) in [5.74, 6) is 0.439. The van der Waals surface area contributed by atoms with Crippen LogP contribution in [0, 0.1) is 6.92 Å². The minimum absolute atomic E-state index is 0.198. The highest BCUT2D eigenvalue weighted by Gasteiger charge is 2.15. The summed E-state index contributed by atoms with van der Waals surface area (Å²) < 4.78 is 3.38. The Labute approximate surface area is 128 Å². The lowest BCUT2D eigenvalue weighted by molar-refractivity contribution is 0.101. The quantitative estimate of drug-likeness (QED) is 0.804. The van der Waals surface area contributed by atoms with Crippen LogP contribution >= 0.6 is 0 Å². The number of carbonyl (C=O) groups excluding carboxylic acids is 1. The van der Waals surface area contributed by atoms with Gasteiger partial charge < -0.3 is 5.32 Å². The van der Waals surface area contributed by atoms with Crippen LogP contribution in [-0.4, -0.2) is 25.5 Å². The molecule has 112 valence electrons. The molecule has 0 atom stereocenters. The number of aromatic nitrogens is 4. The fraction of sp³-hybridized carbons (Fsp3) is 0.188. The fourth-order valence-electron chi connectivity index (χ4n) is 2.31. The molecule has 0 aliphatic carbocycles. The van der Waals surface area contributed by atoms with E-state index >= 15 is 0 Å². The Kier molecular flexibility index (Phi) is 3.74. The van der Waals surface area contributed by atoms with Gasteiger partial charge in [0.2, 0.25) is 0 Å². The van der Waals surface area contributed by atoms with Gasteiger partial charge in [-0.3, -0.25) is 9.48 Å². The normalized spacial score (nSPS) is 10.6. The molecule has 6 heteroatoms. The molecular weight excluding hydrogens is 278 g/mol. The third-order valence-corrected chi connectivity index (χ3v) is 3.32. The second-order valence-corrected chi connectivity index (χ2v) is 4.90. The summed E-state index contributed by atoms with van der Waals surface area (Å²) in [5, 5.41) is 11.5. The number of rotatable bonds is 4. The highest BCUT2D eigenvalue weighted by molar-refractivity contribution is 6.02. The van der Waals surface area contributed by atoms with Gasteiger partial charge in [0.15, 0.2) is 0 Å². The Bertz CT molecular complexity index is 788. The molecule has 0 spiro atoms. The molecule has 2 heterocycles. The van der Waals surface area contributed by atoms with Crippen molar-refractivity contribution in [1.29, 1.82) is 0 Å². The van der Waals surface area contributed by atoms with E-state index in [4.69, 9.17) is 0 Å². The van der Waals surface area contributed by atoms with Gasteiger partial charge in [-0.1, -0.05) is 18.2 Å². The van der Waals surface area contributed by atoms with E-state index in [9.17, 15) is 4.79 Å². The van der Waals surface area contributed by atoms with Gasteiger partial charge in [0.05, 0.1) is 11.4 Å². The first-order valence-electron chi connectivity index (χ1n) is 7.14. The summed E-state index contributed by atoms with van der Waals surface area (Å²) in [7, 11) is 0. The van der Waals surface area contributed by atoms with Gasteiger partial charge in [-0.25, -0.2) is 4.68 Å². The first-order chi connectivity index (χ1) is 10.7. The molecule has 6 nitrogen and oxygen atoms in total. The number of aryl methyl sites for hydroxylation is 2. The molecule has 0 fully saturated rings. The van der Waals surface area contributed by atoms with E-state index in [2.05, 4.69) is 15.5 Å². The summed E-state index contributed by atoms with van der Waals surface area (Å²) in [5.41, 5.74) is 2.26. The van der Waals surface area contributed by atoms with Crippen LogP contribution in [0.3, 0.4) is 0 Å². The maximum absolute atomic E-state index is 12.4. The lowest BCUT2D eigenvalue weighted by Gasteiger charge is -2.09. The molecular formula is C16H17N5O. The predicted octanol–water partition coefficient (Wildman–Crippen LogP) is 2.65. The van der Waals surface area contributed by atoms with Crippen molar-refractivity contribution in [2.24, 2.45) is 0 Å². The second kappa shape index (κ2) is 5.85. The molecule has 0 bridgehead atoms. The zero-order chi connectivity index (χ0) is 15.5. The molecule has 22 heavy (non-hydrogen) atoms. The van der Waals surface area contributed by atoms with Crippen molar-refractivity contribution in [3.63, 3.8) is 0 Å². The van der Waals surface area contributed by atoms with E-state index in [1.807, 2.05) is 50.2 Å². The van der Waals surface area contributed by atoms with Gasteiger partial charge in [0, 0.05) is 18.8 Å². The largest absolute Gasteiger partial charge is 0.305 e. The second-order valence-electron chi connectivity index (χ2n) is 4.90.